The highest BCUT2D eigenvalue weighted by molar-refractivity contribution is 9.10. The minimum absolute atomic E-state index is 0. The van der Waals surface area contributed by atoms with E-state index in [9.17, 15) is 13.6 Å². The third-order valence-corrected chi connectivity index (χ3v) is 3.68. The molecule has 0 aromatic heterocycles. The number of amides is 1. The van der Waals surface area contributed by atoms with Crippen molar-refractivity contribution in [1.82, 2.24) is 10.6 Å². The number of aryl methyl sites for hydroxylation is 1. The topological polar surface area (TPSA) is 41.1 Å². The zero-order chi connectivity index (χ0) is 14.0. The van der Waals surface area contributed by atoms with Gasteiger partial charge in [0.1, 0.15) is 0 Å². The summed E-state index contributed by atoms with van der Waals surface area (Å²) in [5, 5.41) is 5.23. The summed E-state index contributed by atoms with van der Waals surface area (Å²) in [6, 6.07) is 4.93. The van der Waals surface area contributed by atoms with Crippen LogP contribution in [0.3, 0.4) is 0 Å². The molecule has 0 bridgehead atoms. The van der Waals surface area contributed by atoms with Gasteiger partial charge in [0.15, 0.2) is 0 Å². The van der Waals surface area contributed by atoms with Crippen molar-refractivity contribution in [1.29, 1.82) is 0 Å². The fourth-order valence-corrected chi connectivity index (χ4v) is 2.54. The van der Waals surface area contributed by atoms with Crippen LogP contribution >= 0.6 is 28.3 Å². The molecule has 20 heavy (non-hydrogen) atoms. The Kier molecular flexibility index (Phi) is 5.91. The van der Waals surface area contributed by atoms with E-state index in [-0.39, 0.29) is 18.3 Å². The Balaban J connectivity index is 0.00000200. The summed E-state index contributed by atoms with van der Waals surface area (Å²) in [5.74, 6) is -3.16. The van der Waals surface area contributed by atoms with Crippen molar-refractivity contribution < 1.29 is 13.6 Å². The first-order chi connectivity index (χ1) is 8.87. The van der Waals surface area contributed by atoms with Crippen molar-refractivity contribution in [2.45, 2.75) is 31.9 Å². The molecule has 1 unspecified atom stereocenters. The molecule has 1 heterocycles. The van der Waals surface area contributed by atoms with Gasteiger partial charge in [0.25, 0.3) is 5.92 Å². The number of carbonyl (C=O) groups is 1. The maximum absolute atomic E-state index is 13.0. The lowest BCUT2D eigenvalue weighted by Crippen LogP contribution is -2.40. The van der Waals surface area contributed by atoms with E-state index in [0.29, 0.717) is 6.54 Å². The smallest absolute Gasteiger partial charge is 0.262 e. The molecule has 2 rings (SSSR count). The van der Waals surface area contributed by atoms with Gasteiger partial charge in [0, 0.05) is 17.4 Å². The van der Waals surface area contributed by atoms with E-state index in [1.165, 1.54) is 0 Å². The molecule has 1 fully saturated rings. The van der Waals surface area contributed by atoms with E-state index >= 15 is 0 Å². The standard InChI is InChI=1S/C13H15BrF2N2O.ClH/c1-8-4-10(14)3-2-9(8)6-17-12(19)11-5-13(15,16)7-18-11;/h2-4,11,18H,5-7H2,1H3,(H,17,19);1H. The van der Waals surface area contributed by atoms with Gasteiger partial charge < -0.3 is 5.32 Å². The highest BCUT2D eigenvalue weighted by atomic mass is 79.9. The largest absolute Gasteiger partial charge is 0.351 e. The molecular weight excluding hydrogens is 354 g/mol. The van der Waals surface area contributed by atoms with E-state index in [2.05, 4.69) is 26.6 Å². The van der Waals surface area contributed by atoms with Gasteiger partial charge in [-0.2, -0.15) is 0 Å². The first-order valence-electron chi connectivity index (χ1n) is 6.01. The molecule has 0 aliphatic carbocycles. The van der Waals surface area contributed by atoms with E-state index in [1.807, 2.05) is 25.1 Å². The lowest BCUT2D eigenvalue weighted by Gasteiger charge is -2.12. The summed E-state index contributed by atoms with van der Waals surface area (Å²) in [4.78, 5) is 11.8. The number of halogens is 4. The monoisotopic (exact) mass is 368 g/mol. The number of hydrogen-bond donors (Lipinski definition) is 2. The van der Waals surface area contributed by atoms with E-state index in [0.717, 1.165) is 15.6 Å². The molecule has 1 aliphatic rings. The molecule has 1 aromatic rings. The van der Waals surface area contributed by atoms with Crippen molar-refractivity contribution in [3.05, 3.63) is 33.8 Å². The lowest BCUT2D eigenvalue weighted by atomic mass is 10.1. The summed E-state index contributed by atoms with van der Waals surface area (Å²) in [5.41, 5.74) is 2.01. The first kappa shape index (κ1) is 17.3. The van der Waals surface area contributed by atoms with Gasteiger partial charge in [-0.25, -0.2) is 8.78 Å². The van der Waals surface area contributed by atoms with Gasteiger partial charge in [-0.05, 0) is 30.2 Å². The number of nitrogens with one attached hydrogen (secondary N) is 2. The van der Waals surface area contributed by atoms with Crippen molar-refractivity contribution in [3.8, 4) is 0 Å². The minimum Gasteiger partial charge on any atom is -0.351 e. The third-order valence-electron chi connectivity index (χ3n) is 3.18. The fourth-order valence-electron chi connectivity index (χ4n) is 2.06. The summed E-state index contributed by atoms with van der Waals surface area (Å²) >= 11 is 3.36. The molecule has 7 heteroatoms. The summed E-state index contributed by atoms with van der Waals surface area (Å²) in [7, 11) is 0. The highest BCUT2D eigenvalue weighted by Crippen LogP contribution is 2.25. The second kappa shape index (κ2) is 6.83. The molecule has 1 amide bonds. The minimum atomic E-state index is -2.78. The van der Waals surface area contributed by atoms with Crippen LogP contribution in [0.5, 0.6) is 0 Å². The number of hydrogen-bond acceptors (Lipinski definition) is 2. The molecule has 1 saturated heterocycles. The van der Waals surface area contributed by atoms with Crippen LogP contribution in [0, 0.1) is 6.92 Å². The summed E-state index contributed by atoms with van der Waals surface area (Å²) in [6.45, 7) is 1.86. The second-order valence-electron chi connectivity index (χ2n) is 4.78. The Morgan fingerprint density at radius 1 is 1.55 bits per heavy atom. The number of benzene rings is 1. The normalized spacial score (nSPS) is 20.3. The van der Waals surface area contributed by atoms with E-state index in [4.69, 9.17) is 0 Å². The van der Waals surface area contributed by atoms with Crippen LogP contribution in [-0.4, -0.2) is 24.4 Å². The molecule has 1 atom stereocenters. The van der Waals surface area contributed by atoms with Gasteiger partial charge in [-0.3, -0.25) is 10.1 Å². The molecule has 0 radical (unpaired) electrons. The molecular formula is C13H16BrClF2N2O. The van der Waals surface area contributed by atoms with Gasteiger partial charge in [0.05, 0.1) is 12.6 Å². The highest BCUT2D eigenvalue weighted by Gasteiger charge is 2.42. The van der Waals surface area contributed by atoms with Crippen LogP contribution in [0.4, 0.5) is 8.78 Å². The van der Waals surface area contributed by atoms with Gasteiger partial charge in [-0.15, -0.1) is 12.4 Å². The Bertz CT molecular complexity index is 499. The summed E-state index contributed by atoms with van der Waals surface area (Å²) in [6.07, 6.45) is -0.432. The zero-order valence-corrected chi connectivity index (χ0v) is 13.3. The number of carbonyl (C=O) groups excluding carboxylic acids is 1. The van der Waals surface area contributed by atoms with Gasteiger partial charge in [-0.1, -0.05) is 22.0 Å². The van der Waals surface area contributed by atoms with Crippen LogP contribution in [0.15, 0.2) is 22.7 Å². The predicted octanol–water partition coefficient (Wildman–Crippen LogP) is 2.79. The van der Waals surface area contributed by atoms with Crippen LogP contribution in [0.25, 0.3) is 0 Å². The molecule has 2 N–H and O–H groups in total. The number of rotatable bonds is 3. The quantitative estimate of drug-likeness (QED) is 0.860. The van der Waals surface area contributed by atoms with E-state index < -0.39 is 24.9 Å². The second-order valence-corrected chi connectivity index (χ2v) is 5.70. The maximum Gasteiger partial charge on any atom is 0.262 e. The predicted molar refractivity (Wildman–Crippen MR) is 79.3 cm³/mol. The average molecular weight is 370 g/mol. The lowest BCUT2D eigenvalue weighted by molar-refractivity contribution is -0.123. The van der Waals surface area contributed by atoms with E-state index in [1.54, 1.807) is 0 Å². The van der Waals surface area contributed by atoms with Crippen molar-refractivity contribution in [2.24, 2.45) is 0 Å². The fraction of sp³-hybridized carbons (Fsp3) is 0.462. The molecule has 0 spiro atoms. The molecule has 0 saturated carbocycles. The average Bonchev–Trinajstić information content (AvgIpc) is 2.68. The van der Waals surface area contributed by atoms with Gasteiger partial charge >= 0.3 is 0 Å². The maximum atomic E-state index is 13.0. The Labute approximate surface area is 131 Å². The number of alkyl halides is 2. The first-order valence-corrected chi connectivity index (χ1v) is 6.81. The Morgan fingerprint density at radius 2 is 2.25 bits per heavy atom. The van der Waals surface area contributed by atoms with Crippen LogP contribution in [0.2, 0.25) is 0 Å². The van der Waals surface area contributed by atoms with Crippen molar-refractivity contribution in [2.75, 3.05) is 6.54 Å². The van der Waals surface area contributed by atoms with Crippen LogP contribution in [-0.2, 0) is 11.3 Å². The van der Waals surface area contributed by atoms with Crippen molar-refractivity contribution >= 4 is 34.2 Å². The zero-order valence-electron chi connectivity index (χ0n) is 10.9. The Morgan fingerprint density at radius 3 is 2.80 bits per heavy atom. The summed E-state index contributed by atoms with van der Waals surface area (Å²) < 4.78 is 26.9. The molecule has 3 nitrogen and oxygen atoms in total. The molecule has 1 aromatic carbocycles. The molecule has 112 valence electrons. The Hall–Kier alpha value is -0.720. The van der Waals surface area contributed by atoms with Crippen LogP contribution in [0.1, 0.15) is 17.5 Å². The van der Waals surface area contributed by atoms with Gasteiger partial charge in [0.2, 0.25) is 5.91 Å². The SMILES string of the molecule is Cc1cc(Br)ccc1CNC(=O)C1CC(F)(F)CN1.Cl. The third kappa shape index (κ3) is 4.40. The van der Waals surface area contributed by atoms with Crippen LogP contribution < -0.4 is 10.6 Å². The van der Waals surface area contributed by atoms with Crippen molar-refractivity contribution in [3.63, 3.8) is 0 Å². The molecule has 1 aliphatic heterocycles.